The molecule has 2 aromatic rings. The predicted octanol–water partition coefficient (Wildman–Crippen LogP) is 3.62. The summed E-state index contributed by atoms with van der Waals surface area (Å²) in [6.07, 6.45) is 5.36. The summed E-state index contributed by atoms with van der Waals surface area (Å²) in [4.78, 5) is 16.9. The summed E-state index contributed by atoms with van der Waals surface area (Å²) < 4.78 is 6.37. The Morgan fingerprint density at radius 3 is 3.03 bits per heavy atom. The van der Waals surface area contributed by atoms with Gasteiger partial charge in [-0.15, -0.1) is 0 Å². The predicted molar refractivity (Wildman–Crippen MR) is 111 cm³/mol. The topological polar surface area (TPSA) is 71.5 Å². The van der Waals surface area contributed by atoms with Crippen LogP contribution in [0.1, 0.15) is 51.2 Å². The highest BCUT2D eigenvalue weighted by atomic mass is 16.5. The minimum absolute atomic E-state index is 0.0360. The molecule has 0 unspecified atom stereocenters. The van der Waals surface area contributed by atoms with Crippen LogP contribution in [0.5, 0.6) is 0 Å². The SMILES string of the molecule is CC1(C)[C@@H]2C[C@@H]3[C@@H](c4ccc5ncccc5c4)OCC[C@]3(C2)[C@H]1NC(=O)CCO. The maximum atomic E-state index is 12.4. The Hall–Kier alpha value is -1.98. The molecule has 1 saturated heterocycles. The van der Waals surface area contributed by atoms with Crippen molar-refractivity contribution in [3.63, 3.8) is 0 Å². The third-order valence-corrected chi connectivity index (χ3v) is 8.10. The van der Waals surface area contributed by atoms with Crippen molar-refractivity contribution in [2.45, 2.75) is 51.7 Å². The molecule has 5 heteroatoms. The number of hydrogen-bond donors (Lipinski definition) is 2. The van der Waals surface area contributed by atoms with E-state index in [0.717, 1.165) is 36.8 Å². The number of nitrogens with one attached hydrogen (secondary N) is 1. The number of aliphatic hydroxyl groups excluding tert-OH is 1. The van der Waals surface area contributed by atoms with E-state index >= 15 is 0 Å². The van der Waals surface area contributed by atoms with Crippen LogP contribution in [0.25, 0.3) is 10.9 Å². The largest absolute Gasteiger partial charge is 0.396 e. The lowest BCUT2D eigenvalue weighted by Crippen LogP contribution is -2.59. The molecule has 1 aliphatic heterocycles. The highest BCUT2D eigenvalue weighted by Crippen LogP contribution is 2.70. The van der Waals surface area contributed by atoms with Gasteiger partial charge < -0.3 is 15.2 Å². The molecule has 2 heterocycles. The first kappa shape index (κ1) is 19.0. The Bertz CT molecular complexity index is 943. The molecule has 5 nitrogen and oxygen atoms in total. The maximum absolute atomic E-state index is 12.4. The normalized spacial score (nSPS) is 34.9. The number of carbonyl (C=O) groups excluding carboxylic acids is 1. The van der Waals surface area contributed by atoms with Crippen LogP contribution in [0.2, 0.25) is 0 Å². The highest BCUT2D eigenvalue weighted by Gasteiger charge is 2.68. The van der Waals surface area contributed by atoms with Gasteiger partial charge >= 0.3 is 0 Å². The van der Waals surface area contributed by atoms with Crippen LogP contribution in [-0.2, 0) is 9.53 Å². The first-order chi connectivity index (χ1) is 14.0. The van der Waals surface area contributed by atoms with Crippen molar-refractivity contribution in [2.24, 2.45) is 22.7 Å². The van der Waals surface area contributed by atoms with E-state index in [9.17, 15) is 9.90 Å². The molecule has 5 atom stereocenters. The minimum Gasteiger partial charge on any atom is -0.396 e. The second-order valence-electron chi connectivity index (χ2n) is 9.77. The Morgan fingerprint density at radius 1 is 1.34 bits per heavy atom. The van der Waals surface area contributed by atoms with Crippen molar-refractivity contribution in [1.82, 2.24) is 10.3 Å². The molecule has 2 N–H and O–H groups in total. The number of benzene rings is 1. The van der Waals surface area contributed by atoms with E-state index in [2.05, 4.69) is 48.4 Å². The van der Waals surface area contributed by atoms with Gasteiger partial charge in [0, 0.05) is 30.7 Å². The van der Waals surface area contributed by atoms with Gasteiger partial charge in [0.25, 0.3) is 0 Å². The second-order valence-corrected chi connectivity index (χ2v) is 9.77. The van der Waals surface area contributed by atoms with Gasteiger partial charge in [-0.1, -0.05) is 26.0 Å². The fourth-order valence-electron chi connectivity index (χ4n) is 6.72. The molecule has 1 aromatic carbocycles. The zero-order valence-electron chi connectivity index (χ0n) is 17.2. The number of carbonyl (C=O) groups is 1. The van der Waals surface area contributed by atoms with E-state index in [0.29, 0.717) is 11.8 Å². The van der Waals surface area contributed by atoms with Gasteiger partial charge in [0.05, 0.1) is 18.2 Å². The van der Waals surface area contributed by atoms with Crippen LogP contribution < -0.4 is 5.32 Å². The van der Waals surface area contributed by atoms with Crippen molar-refractivity contribution in [3.05, 3.63) is 42.1 Å². The van der Waals surface area contributed by atoms with Crippen LogP contribution in [0, 0.1) is 22.7 Å². The standard InChI is InChI=1S/C24H30N2O3/c1-23(2)17-13-18-21(16-5-6-19-15(12-16)4-3-9-25-19)29-11-8-24(18,14-17)22(23)26-20(28)7-10-27/h3-6,9,12,17-18,21-22,27H,7-8,10-11,13-14H2,1-2H3,(H,26,28)/t17-,18-,21-,22+,24-/m1/s1. The number of aliphatic hydroxyl groups is 1. The summed E-state index contributed by atoms with van der Waals surface area (Å²) in [5.41, 5.74) is 2.37. The third-order valence-electron chi connectivity index (χ3n) is 8.10. The van der Waals surface area contributed by atoms with Gasteiger partial charge in [0.2, 0.25) is 5.91 Å². The lowest BCUT2D eigenvalue weighted by molar-refractivity contribution is -0.137. The van der Waals surface area contributed by atoms with Crippen LogP contribution in [-0.4, -0.2) is 35.3 Å². The number of ether oxygens (including phenoxy) is 1. The fourth-order valence-corrected chi connectivity index (χ4v) is 6.72. The molecular weight excluding hydrogens is 364 g/mol. The summed E-state index contributed by atoms with van der Waals surface area (Å²) in [6.45, 7) is 5.23. The first-order valence-corrected chi connectivity index (χ1v) is 10.8. The molecule has 154 valence electrons. The van der Waals surface area contributed by atoms with E-state index < -0.39 is 0 Å². The molecule has 3 aliphatic rings. The molecular formula is C24H30N2O3. The van der Waals surface area contributed by atoms with E-state index in [-0.39, 0.29) is 41.9 Å². The van der Waals surface area contributed by atoms with Crippen molar-refractivity contribution < 1.29 is 14.6 Å². The molecule has 29 heavy (non-hydrogen) atoms. The average Bonchev–Trinajstić information content (AvgIpc) is 3.20. The average molecular weight is 395 g/mol. The zero-order valence-corrected chi connectivity index (χ0v) is 17.2. The molecule has 3 fully saturated rings. The van der Waals surface area contributed by atoms with Crippen LogP contribution in [0.15, 0.2) is 36.5 Å². The molecule has 1 amide bonds. The monoisotopic (exact) mass is 394 g/mol. The van der Waals surface area contributed by atoms with Gasteiger partial charge in [-0.05, 0) is 65.7 Å². The third kappa shape index (κ3) is 2.82. The van der Waals surface area contributed by atoms with Crippen LogP contribution in [0.3, 0.4) is 0 Å². The summed E-state index contributed by atoms with van der Waals surface area (Å²) in [7, 11) is 0. The Kier molecular flexibility index (Phi) is 4.44. The molecule has 2 saturated carbocycles. The first-order valence-electron chi connectivity index (χ1n) is 10.8. The van der Waals surface area contributed by atoms with Gasteiger partial charge in [-0.25, -0.2) is 0 Å². The number of hydrogen-bond acceptors (Lipinski definition) is 4. The quantitative estimate of drug-likeness (QED) is 0.831. The maximum Gasteiger partial charge on any atom is 0.222 e. The number of nitrogens with zero attached hydrogens (tertiary/aromatic N) is 1. The Morgan fingerprint density at radius 2 is 2.21 bits per heavy atom. The number of rotatable bonds is 4. The number of pyridine rings is 1. The zero-order chi connectivity index (χ0) is 20.2. The number of fused-ring (bicyclic) bond motifs is 2. The summed E-state index contributed by atoms with van der Waals surface area (Å²) in [5, 5.41) is 13.7. The molecule has 1 aromatic heterocycles. The summed E-state index contributed by atoms with van der Waals surface area (Å²) in [5.74, 6) is 0.951. The Balaban J connectivity index is 1.50. The van der Waals surface area contributed by atoms with E-state index in [1.807, 2.05) is 12.3 Å². The Labute approximate surface area is 171 Å². The summed E-state index contributed by atoms with van der Waals surface area (Å²) in [6, 6.07) is 10.7. The number of amides is 1. The van der Waals surface area contributed by atoms with Crippen LogP contribution >= 0.6 is 0 Å². The molecule has 2 aliphatic carbocycles. The molecule has 2 bridgehead atoms. The number of aromatic nitrogens is 1. The molecule has 5 rings (SSSR count). The van der Waals surface area contributed by atoms with Crippen molar-refractivity contribution in [2.75, 3.05) is 13.2 Å². The lowest BCUT2D eigenvalue weighted by atomic mass is 9.58. The van der Waals surface area contributed by atoms with Crippen molar-refractivity contribution in [1.29, 1.82) is 0 Å². The minimum atomic E-state index is -0.101. The van der Waals surface area contributed by atoms with E-state index in [4.69, 9.17) is 4.74 Å². The fraction of sp³-hybridized carbons (Fsp3) is 0.583. The molecule has 1 spiro atoms. The van der Waals surface area contributed by atoms with Crippen LogP contribution in [0.4, 0.5) is 0 Å². The highest BCUT2D eigenvalue weighted by molar-refractivity contribution is 5.79. The van der Waals surface area contributed by atoms with Crippen molar-refractivity contribution >= 4 is 16.8 Å². The van der Waals surface area contributed by atoms with E-state index in [1.165, 1.54) is 5.56 Å². The lowest BCUT2D eigenvalue weighted by Gasteiger charge is -2.53. The van der Waals surface area contributed by atoms with Gasteiger partial charge in [0.15, 0.2) is 0 Å². The van der Waals surface area contributed by atoms with Gasteiger partial charge in [-0.2, -0.15) is 0 Å². The second kappa shape index (κ2) is 6.78. The van der Waals surface area contributed by atoms with Gasteiger partial charge in [-0.3, -0.25) is 9.78 Å². The summed E-state index contributed by atoms with van der Waals surface area (Å²) >= 11 is 0. The van der Waals surface area contributed by atoms with E-state index in [1.54, 1.807) is 0 Å². The van der Waals surface area contributed by atoms with Crippen molar-refractivity contribution in [3.8, 4) is 0 Å². The smallest absolute Gasteiger partial charge is 0.222 e. The van der Waals surface area contributed by atoms with Gasteiger partial charge in [0.1, 0.15) is 0 Å². The molecule has 0 radical (unpaired) electrons.